The minimum absolute atomic E-state index is 0.302. The smallest absolute Gasteiger partial charge is 0.260 e. The fourth-order valence-corrected chi connectivity index (χ4v) is 2.44. The van der Waals surface area contributed by atoms with E-state index in [0.717, 1.165) is 0 Å². The van der Waals surface area contributed by atoms with Crippen molar-refractivity contribution in [1.82, 2.24) is 10.2 Å². The average Bonchev–Trinajstić information content (AvgIpc) is 2.86. The maximum Gasteiger partial charge on any atom is 0.260 e. The van der Waals surface area contributed by atoms with Gasteiger partial charge in [-0.2, -0.15) is 5.10 Å². The molecule has 2 heterocycles. The second-order valence-corrected chi connectivity index (χ2v) is 4.71. The van der Waals surface area contributed by atoms with E-state index in [1.807, 2.05) is 0 Å². The van der Waals surface area contributed by atoms with Crippen LogP contribution in [-0.4, -0.2) is 22.0 Å². The van der Waals surface area contributed by atoms with Gasteiger partial charge in [-0.3, -0.25) is 14.7 Å². The third-order valence-electron chi connectivity index (χ3n) is 2.51. The number of thiophene rings is 1. The molecule has 4 N–H and O–H groups in total. The number of carbonyl (C=O) groups excluding carboxylic acids is 2. The Morgan fingerprint density at radius 2 is 2.17 bits per heavy atom. The topological polar surface area (TPSA) is 101 Å². The van der Waals surface area contributed by atoms with Gasteiger partial charge < -0.3 is 11.1 Å². The van der Waals surface area contributed by atoms with Crippen molar-refractivity contribution in [3.63, 3.8) is 0 Å². The highest BCUT2D eigenvalue weighted by molar-refractivity contribution is 7.14. The molecule has 2 aromatic rings. The van der Waals surface area contributed by atoms with Crippen molar-refractivity contribution < 1.29 is 9.59 Å². The van der Waals surface area contributed by atoms with Crippen LogP contribution in [-0.2, 0) is 0 Å². The summed E-state index contributed by atoms with van der Waals surface area (Å²) in [5, 5.41) is 11.5. The molecule has 18 heavy (non-hydrogen) atoms. The number of aromatic amines is 1. The lowest BCUT2D eigenvalue weighted by atomic mass is 10.2. The van der Waals surface area contributed by atoms with Gasteiger partial charge >= 0.3 is 0 Å². The van der Waals surface area contributed by atoms with Crippen LogP contribution in [0.25, 0.3) is 0 Å². The maximum atomic E-state index is 12.1. The minimum Gasteiger partial charge on any atom is -0.366 e. The number of hydrogen-bond acceptors (Lipinski definition) is 4. The van der Waals surface area contributed by atoms with Crippen LogP contribution in [0.4, 0.5) is 5.00 Å². The highest BCUT2D eigenvalue weighted by atomic mass is 32.1. The maximum absolute atomic E-state index is 12.1. The molecule has 0 saturated carbocycles. The Hall–Kier alpha value is -2.15. The van der Waals surface area contributed by atoms with Gasteiger partial charge in [-0.25, -0.2) is 0 Å². The van der Waals surface area contributed by atoms with Crippen molar-refractivity contribution >= 4 is 28.2 Å². The summed E-state index contributed by atoms with van der Waals surface area (Å²) in [4.78, 5) is 23.2. The molecule has 0 fully saturated rings. The second kappa shape index (κ2) is 4.61. The quantitative estimate of drug-likeness (QED) is 0.781. The number of rotatable bonds is 3. The van der Waals surface area contributed by atoms with E-state index in [9.17, 15) is 9.59 Å². The van der Waals surface area contributed by atoms with Crippen molar-refractivity contribution in [2.75, 3.05) is 5.32 Å². The van der Waals surface area contributed by atoms with Crippen LogP contribution < -0.4 is 11.1 Å². The van der Waals surface area contributed by atoms with Crippen molar-refractivity contribution in [1.29, 1.82) is 0 Å². The summed E-state index contributed by atoms with van der Waals surface area (Å²) in [5.41, 5.74) is 7.30. The van der Waals surface area contributed by atoms with Gasteiger partial charge in [-0.15, -0.1) is 11.3 Å². The van der Waals surface area contributed by atoms with E-state index in [-0.39, 0.29) is 5.91 Å². The van der Waals surface area contributed by atoms with Gasteiger partial charge in [0.05, 0.1) is 16.8 Å². The van der Waals surface area contributed by atoms with Gasteiger partial charge in [0, 0.05) is 5.69 Å². The third kappa shape index (κ3) is 2.12. The first-order chi connectivity index (χ1) is 8.50. The number of amides is 2. The van der Waals surface area contributed by atoms with E-state index in [1.165, 1.54) is 11.3 Å². The SMILES string of the molecule is Cc1n[nH]c(C)c1C(=O)Nc1sccc1C(N)=O. The number of anilines is 1. The standard InChI is InChI=1S/C11H12N4O2S/c1-5-8(6(2)15-14-5)10(17)13-11-7(9(12)16)3-4-18-11/h3-4H,1-2H3,(H2,12,16)(H,13,17)(H,14,15). The zero-order valence-corrected chi connectivity index (χ0v) is 10.7. The summed E-state index contributed by atoms with van der Waals surface area (Å²) in [6, 6.07) is 1.58. The van der Waals surface area contributed by atoms with E-state index in [4.69, 9.17) is 5.73 Å². The summed E-state index contributed by atoms with van der Waals surface area (Å²) in [6.45, 7) is 3.50. The molecule has 0 unspecified atom stereocenters. The number of nitrogens with one attached hydrogen (secondary N) is 2. The Kier molecular flexibility index (Phi) is 3.15. The number of hydrogen-bond donors (Lipinski definition) is 3. The molecular formula is C11H12N4O2S. The average molecular weight is 264 g/mol. The van der Waals surface area contributed by atoms with Crippen LogP contribution in [0.5, 0.6) is 0 Å². The summed E-state index contributed by atoms with van der Waals surface area (Å²) in [6.07, 6.45) is 0. The fraction of sp³-hybridized carbons (Fsp3) is 0.182. The number of primary amides is 1. The highest BCUT2D eigenvalue weighted by Gasteiger charge is 2.18. The van der Waals surface area contributed by atoms with Crippen LogP contribution in [0, 0.1) is 13.8 Å². The summed E-state index contributed by atoms with van der Waals surface area (Å²) in [5.74, 6) is -0.865. The van der Waals surface area contributed by atoms with Gasteiger partial charge in [0.15, 0.2) is 0 Å². The van der Waals surface area contributed by atoms with E-state index in [0.29, 0.717) is 27.5 Å². The van der Waals surface area contributed by atoms with Gasteiger partial charge in [0.2, 0.25) is 0 Å². The molecule has 2 aromatic heterocycles. The molecule has 2 rings (SSSR count). The molecule has 0 aliphatic rings. The third-order valence-corrected chi connectivity index (χ3v) is 3.34. The van der Waals surface area contributed by atoms with E-state index < -0.39 is 5.91 Å². The zero-order valence-electron chi connectivity index (χ0n) is 9.90. The molecule has 7 heteroatoms. The number of H-pyrrole nitrogens is 1. The van der Waals surface area contributed by atoms with Crippen molar-refractivity contribution in [2.24, 2.45) is 5.73 Å². The molecule has 0 aliphatic heterocycles. The second-order valence-electron chi connectivity index (χ2n) is 3.79. The van der Waals surface area contributed by atoms with Crippen molar-refractivity contribution in [3.8, 4) is 0 Å². The number of nitrogens with two attached hydrogens (primary N) is 1. The van der Waals surface area contributed by atoms with Crippen LogP contribution in [0.15, 0.2) is 11.4 Å². The van der Waals surface area contributed by atoms with Crippen LogP contribution in [0.3, 0.4) is 0 Å². The van der Waals surface area contributed by atoms with Crippen molar-refractivity contribution in [3.05, 3.63) is 34.0 Å². The van der Waals surface area contributed by atoms with Gasteiger partial charge in [-0.05, 0) is 25.3 Å². The van der Waals surface area contributed by atoms with Crippen LogP contribution in [0.2, 0.25) is 0 Å². The zero-order chi connectivity index (χ0) is 13.3. The molecule has 0 aromatic carbocycles. The Balaban J connectivity index is 2.27. The summed E-state index contributed by atoms with van der Waals surface area (Å²) >= 11 is 1.25. The van der Waals surface area contributed by atoms with Gasteiger partial charge in [0.1, 0.15) is 5.00 Å². The molecule has 0 aliphatic carbocycles. The lowest BCUT2D eigenvalue weighted by molar-refractivity contribution is 0.100. The Morgan fingerprint density at radius 3 is 2.72 bits per heavy atom. The molecule has 2 amide bonds. The van der Waals surface area contributed by atoms with Gasteiger partial charge in [0.25, 0.3) is 11.8 Å². The lowest BCUT2D eigenvalue weighted by Gasteiger charge is -2.04. The van der Waals surface area contributed by atoms with Crippen LogP contribution in [0.1, 0.15) is 32.1 Å². The number of carbonyl (C=O) groups is 2. The normalized spacial score (nSPS) is 10.3. The van der Waals surface area contributed by atoms with E-state index in [1.54, 1.807) is 25.3 Å². The molecule has 0 radical (unpaired) electrons. The summed E-state index contributed by atoms with van der Waals surface area (Å²) < 4.78 is 0. The lowest BCUT2D eigenvalue weighted by Crippen LogP contribution is -2.17. The first-order valence-electron chi connectivity index (χ1n) is 5.21. The molecular weight excluding hydrogens is 252 g/mol. The largest absolute Gasteiger partial charge is 0.366 e. The van der Waals surface area contributed by atoms with Crippen molar-refractivity contribution in [2.45, 2.75) is 13.8 Å². The van der Waals surface area contributed by atoms with E-state index >= 15 is 0 Å². The first kappa shape index (κ1) is 12.3. The highest BCUT2D eigenvalue weighted by Crippen LogP contribution is 2.24. The minimum atomic E-state index is -0.563. The Labute approximate surface area is 107 Å². The van der Waals surface area contributed by atoms with Crippen LogP contribution >= 0.6 is 11.3 Å². The molecule has 0 bridgehead atoms. The van der Waals surface area contributed by atoms with Gasteiger partial charge in [-0.1, -0.05) is 0 Å². The predicted molar refractivity (Wildman–Crippen MR) is 68.9 cm³/mol. The Morgan fingerprint density at radius 1 is 1.44 bits per heavy atom. The van der Waals surface area contributed by atoms with E-state index in [2.05, 4.69) is 15.5 Å². The fourth-order valence-electron chi connectivity index (χ4n) is 1.65. The monoisotopic (exact) mass is 264 g/mol. The molecule has 0 spiro atoms. The molecule has 0 atom stereocenters. The Bertz CT molecular complexity index is 595. The number of nitrogens with zero attached hydrogens (tertiary/aromatic N) is 1. The molecule has 6 nitrogen and oxygen atoms in total. The molecule has 94 valence electrons. The predicted octanol–water partition coefficient (Wildman–Crippen LogP) is 1.44. The number of aryl methyl sites for hydroxylation is 2. The number of aromatic nitrogens is 2. The summed E-state index contributed by atoms with van der Waals surface area (Å²) in [7, 11) is 0. The first-order valence-corrected chi connectivity index (χ1v) is 6.09. The molecule has 0 saturated heterocycles.